The van der Waals surface area contributed by atoms with Crippen LogP contribution < -0.4 is 10.2 Å². The van der Waals surface area contributed by atoms with E-state index in [1.807, 2.05) is 30.3 Å². The van der Waals surface area contributed by atoms with Crippen molar-refractivity contribution in [2.75, 3.05) is 30.5 Å². The van der Waals surface area contributed by atoms with Gasteiger partial charge >= 0.3 is 0 Å². The molecular weight excluding hydrogens is 480 g/mol. The second kappa shape index (κ2) is 10.3. The van der Waals surface area contributed by atoms with Crippen molar-refractivity contribution >= 4 is 17.3 Å². The van der Waals surface area contributed by atoms with Gasteiger partial charge in [-0.05, 0) is 68.4 Å². The van der Waals surface area contributed by atoms with Crippen LogP contribution in [0.15, 0.2) is 36.8 Å². The smallest absolute Gasteiger partial charge is 0.241 e. The summed E-state index contributed by atoms with van der Waals surface area (Å²) < 4.78 is 9.29. The molecule has 0 spiro atoms. The summed E-state index contributed by atoms with van der Waals surface area (Å²) in [6, 6.07) is 6.61. The van der Waals surface area contributed by atoms with Crippen molar-refractivity contribution < 1.29 is 9.84 Å². The molecule has 4 aromatic rings. The van der Waals surface area contributed by atoms with Crippen molar-refractivity contribution in [1.29, 1.82) is 0 Å². The molecule has 0 unspecified atom stereocenters. The number of aromatic nitrogens is 6. The number of nitrogens with zero attached hydrogens (tertiary/aromatic N) is 7. The average Bonchev–Trinajstić information content (AvgIpc) is 3.49. The Morgan fingerprint density at radius 1 is 1.16 bits per heavy atom. The van der Waals surface area contributed by atoms with Crippen LogP contribution in [0.1, 0.15) is 55.5 Å². The van der Waals surface area contributed by atoms with E-state index in [9.17, 15) is 5.11 Å². The average molecular weight is 517 g/mol. The zero-order valence-corrected chi connectivity index (χ0v) is 22.3. The summed E-state index contributed by atoms with van der Waals surface area (Å²) >= 11 is 0. The largest absolute Gasteiger partial charge is 0.393 e. The van der Waals surface area contributed by atoms with Gasteiger partial charge in [0.05, 0.1) is 42.9 Å². The number of fused-ring (bicyclic) bond motifs is 2. The van der Waals surface area contributed by atoms with E-state index in [4.69, 9.17) is 14.8 Å². The minimum absolute atomic E-state index is 0.0907. The van der Waals surface area contributed by atoms with Gasteiger partial charge in [0.1, 0.15) is 5.82 Å². The van der Waals surface area contributed by atoms with E-state index >= 15 is 0 Å². The summed E-state index contributed by atoms with van der Waals surface area (Å²) in [6.07, 6.45) is 10.1. The number of aryl methyl sites for hydroxylation is 1. The third-order valence-corrected chi connectivity index (χ3v) is 7.97. The van der Waals surface area contributed by atoms with Gasteiger partial charge in [-0.25, -0.2) is 14.5 Å². The maximum atomic E-state index is 10.1. The quantitative estimate of drug-likeness (QED) is 0.384. The first-order valence-electron chi connectivity index (χ1n) is 13.5. The molecule has 2 aliphatic rings. The van der Waals surface area contributed by atoms with E-state index in [2.05, 4.69) is 49.9 Å². The zero-order chi connectivity index (χ0) is 26.2. The fraction of sp³-hybridized carbons (Fsp3) is 0.500. The highest BCUT2D eigenvalue weighted by Crippen LogP contribution is 2.38. The van der Waals surface area contributed by atoms with Gasteiger partial charge in [0.2, 0.25) is 5.95 Å². The van der Waals surface area contributed by atoms with Crippen molar-refractivity contribution in [3.63, 3.8) is 0 Å². The first-order chi connectivity index (χ1) is 18.5. The number of aliphatic hydroxyl groups excluding tert-OH is 1. The summed E-state index contributed by atoms with van der Waals surface area (Å²) in [6.45, 7) is 4.34. The minimum Gasteiger partial charge on any atom is -0.393 e. The van der Waals surface area contributed by atoms with Gasteiger partial charge in [0, 0.05) is 50.1 Å². The molecule has 10 nitrogen and oxygen atoms in total. The van der Waals surface area contributed by atoms with Crippen LogP contribution in [0.2, 0.25) is 0 Å². The third kappa shape index (κ3) is 4.74. The molecule has 38 heavy (non-hydrogen) atoms. The SMILES string of the molecule is COC[C@H](C)Nc1ncc2c(-c3ccnc(N4CCc5cnn(C)c5C4)c3)cc(C3CCC(O)CC3)n2n1. The van der Waals surface area contributed by atoms with E-state index in [0.29, 0.717) is 18.5 Å². The van der Waals surface area contributed by atoms with E-state index < -0.39 is 0 Å². The molecule has 1 aliphatic heterocycles. The second-order valence-corrected chi connectivity index (χ2v) is 10.7. The Bertz CT molecular complexity index is 1420. The fourth-order valence-corrected chi connectivity index (χ4v) is 5.88. The number of hydrogen-bond acceptors (Lipinski definition) is 8. The Balaban J connectivity index is 1.37. The predicted molar refractivity (Wildman–Crippen MR) is 146 cm³/mol. The van der Waals surface area contributed by atoms with Crippen molar-refractivity contribution in [2.24, 2.45) is 7.05 Å². The summed E-state index contributed by atoms with van der Waals surface area (Å²) in [5, 5.41) is 22.8. The number of hydrogen-bond donors (Lipinski definition) is 2. The number of methoxy groups -OCH3 is 1. The van der Waals surface area contributed by atoms with Gasteiger partial charge < -0.3 is 20.1 Å². The fourth-order valence-electron chi connectivity index (χ4n) is 5.88. The number of nitrogens with one attached hydrogen (secondary N) is 1. The van der Waals surface area contributed by atoms with E-state index in [1.54, 1.807) is 7.11 Å². The van der Waals surface area contributed by atoms with Crippen LogP contribution >= 0.6 is 0 Å². The van der Waals surface area contributed by atoms with Crippen LogP contribution in [-0.2, 0) is 24.8 Å². The molecule has 0 amide bonds. The maximum absolute atomic E-state index is 10.1. The van der Waals surface area contributed by atoms with Crippen LogP contribution in [-0.4, -0.2) is 66.9 Å². The molecule has 1 fully saturated rings. The molecule has 0 radical (unpaired) electrons. The van der Waals surface area contributed by atoms with Crippen LogP contribution in [0.25, 0.3) is 16.6 Å². The maximum Gasteiger partial charge on any atom is 0.241 e. The molecule has 4 aromatic heterocycles. The molecule has 0 aromatic carbocycles. The zero-order valence-electron chi connectivity index (χ0n) is 22.3. The highest BCUT2D eigenvalue weighted by atomic mass is 16.5. The Labute approximate surface area is 222 Å². The topological polar surface area (TPSA) is 106 Å². The van der Waals surface area contributed by atoms with Gasteiger partial charge in [-0.3, -0.25) is 4.68 Å². The van der Waals surface area contributed by atoms with Crippen LogP contribution in [0.5, 0.6) is 0 Å². The van der Waals surface area contributed by atoms with Crippen LogP contribution in [0, 0.1) is 0 Å². The van der Waals surface area contributed by atoms with Gasteiger partial charge in [-0.1, -0.05) is 0 Å². The highest BCUT2D eigenvalue weighted by Gasteiger charge is 2.26. The van der Waals surface area contributed by atoms with Gasteiger partial charge in [-0.15, -0.1) is 5.10 Å². The normalized spacial score (nSPS) is 20.5. The Morgan fingerprint density at radius 3 is 2.82 bits per heavy atom. The molecule has 200 valence electrons. The lowest BCUT2D eigenvalue weighted by Gasteiger charge is -2.28. The van der Waals surface area contributed by atoms with E-state index in [-0.39, 0.29) is 12.1 Å². The Kier molecular flexibility index (Phi) is 6.75. The molecule has 1 saturated carbocycles. The number of pyridine rings is 1. The predicted octanol–water partition coefficient (Wildman–Crippen LogP) is 3.55. The molecule has 1 atom stereocenters. The van der Waals surface area contributed by atoms with Gasteiger partial charge in [0.15, 0.2) is 0 Å². The second-order valence-electron chi connectivity index (χ2n) is 10.7. The third-order valence-electron chi connectivity index (χ3n) is 7.97. The van der Waals surface area contributed by atoms with E-state index in [1.165, 1.54) is 17.0 Å². The lowest BCUT2D eigenvalue weighted by Crippen LogP contribution is -2.31. The Hall–Kier alpha value is -3.50. The number of anilines is 2. The summed E-state index contributed by atoms with van der Waals surface area (Å²) in [5.41, 5.74) is 6.91. The standard InChI is InChI=1S/C28H36N8O2/c1-18(17-38-3)32-28-30-15-25-23(13-24(36(25)33-28)19-4-6-22(37)7-5-19)20-8-10-29-27(12-20)35-11-9-21-14-31-34(2)26(21)16-35/h8,10,12-15,18-19,22,37H,4-7,9,11,16-17H2,1-3H3,(H,32,33)/t18-,19?,22?/m0/s1. The lowest BCUT2D eigenvalue weighted by atomic mass is 9.85. The van der Waals surface area contributed by atoms with Gasteiger partial charge in [-0.2, -0.15) is 5.10 Å². The number of ether oxygens (including phenoxy) is 1. The summed E-state index contributed by atoms with van der Waals surface area (Å²) in [5.74, 6) is 1.88. The minimum atomic E-state index is -0.203. The summed E-state index contributed by atoms with van der Waals surface area (Å²) in [4.78, 5) is 11.7. The lowest BCUT2D eigenvalue weighted by molar-refractivity contribution is 0.121. The van der Waals surface area contributed by atoms with Crippen molar-refractivity contribution in [3.8, 4) is 11.1 Å². The molecule has 2 N–H and O–H groups in total. The van der Waals surface area contributed by atoms with Gasteiger partial charge in [0.25, 0.3) is 0 Å². The van der Waals surface area contributed by atoms with Crippen molar-refractivity contribution in [3.05, 3.63) is 53.7 Å². The number of rotatable bonds is 7. The number of aliphatic hydroxyl groups is 1. The highest BCUT2D eigenvalue weighted by molar-refractivity contribution is 5.82. The Morgan fingerprint density at radius 2 is 2.00 bits per heavy atom. The first-order valence-corrected chi connectivity index (χ1v) is 13.5. The first kappa shape index (κ1) is 24.8. The molecule has 1 aliphatic carbocycles. The van der Waals surface area contributed by atoms with Crippen molar-refractivity contribution in [1.82, 2.24) is 29.4 Å². The molecular formula is C28H36N8O2. The molecule has 10 heteroatoms. The molecule has 0 bridgehead atoms. The molecule has 6 rings (SSSR count). The van der Waals surface area contributed by atoms with Crippen LogP contribution in [0.3, 0.4) is 0 Å². The molecule has 0 saturated heterocycles. The van der Waals surface area contributed by atoms with E-state index in [0.717, 1.165) is 67.7 Å². The van der Waals surface area contributed by atoms with Crippen LogP contribution in [0.4, 0.5) is 11.8 Å². The molecule has 5 heterocycles. The summed E-state index contributed by atoms with van der Waals surface area (Å²) in [7, 11) is 3.70. The monoisotopic (exact) mass is 516 g/mol. The van der Waals surface area contributed by atoms with Crippen molar-refractivity contribution in [2.45, 2.75) is 63.6 Å².